The number of hydrogen-bond donors (Lipinski definition) is 1. The monoisotopic (exact) mass is 348 g/mol. The molecule has 0 bridgehead atoms. The third-order valence-corrected chi connectivity index (χ3v) is 5.23. The molecule has 1 atom stereocenters. The zero-order valence-electron chi connectivity index (χ0n) is 14.6. The Labute approximate surface area is 145 Å². The molecule has 24 heavy (non-hydrogen) atoms. The van der Waals surface area contributed by atoms with E-state index in [0.29, 0.717) is 10.8 Å². The van der Waals surface area contributed by atoms with Crippen LogP contribution in [-0.4, -0.2) is 37.7 Å². The molecule has 6 nitrogen and oxygen atoms in total. The van der Waals surface area contributed by atoms with Crippen LogP contribution in [0, 0.1) is 13.8 Å². The van der Waals surface area contributed by atoms with Gasteiger partial charge in [-0.1, -0.05) is 31.6 Å². The van der Waals surface area contributed by atoms with E-state index in [4.69, 9.17) is 4.42 Å². The fourth-order valence-electron chi connectivity index (χ4n) is 2.93. The molecule has 0 aromatic carbocycles. The Morgan fingerprint density at radius 2 is 2.12 bits per heavy atom. The van der Waals surface area contributed by atoms with E-state index in [-0.39, 0.29) is 11.9 Å². The van der Waals surface area contributed by atoms with Crippen molar-refractivity contribution in [2.45, 2.75) is 46.6 Å². The van der Waals surface area contributed by atoms with Crippen LogP contribution in [0.2, 0.25) is 0 Å². The van der Waals surface area contributed by atoms with Crippen molar-refractivity contribution in [3.8, 4) is 5.88 Å². The van der Waals surface area contributed by atoms with Crippen LogP contribution in [0.15, 0.2) is 16.5 Å². The second-order valence-corrected chi connectivity index (χ2v) is 6.99. The summed E-state index contributed by atoms with van der Waals surface area (Å²) in [5.74, 6) is 2.54. The lowest BCUT2D eigenvalue weighted by Crippen LogP contribution is -2.30. The number of furan rings is 1. The number of thiazole rings is 1. The number of unbranched alkanes of at least 4 members (excludes halogenated alkanes) is 1. The third-order valence-electron chi connectivity index (χ3n) is 4.15. The molecule has 0 spiro atoms. The highest BCUT2D eigenvalue weighted by Gasteiger charge is 2.30. The van der Waals surface area contributed by atoms with Crippen LogP contribution in [0.3, 0.4) is 0 Å². The lowest BCUT2D eigenvalue weighted by atomic mass is 10.1. The van der Waals surface area contributed by atoms with E-state index in [9.17, 15) is 5.11 Å². The number of nitrogens with zero attached hydrogens (tertiary/aromatic N) is 4. The van der Waals surface area contributed by atoms with Crippen LogP contribution in [0.1, 0.15) is 55.0 Å². The van der Waals surface area contributed by atoms with Crippen molar-refractivity contribution in [3.63, 3.8) is 0 Å². The summed E-state index contributed by atoms with van der Waals surface area (Å²) < 4.78 is 7.44. The van der Waals surface area contributed by atoms with Crippen LogP contribution >= 0.6 is 11.3 Å². The molecule has 0 fully saturated rings. The zero-order chi connectivity index (χ0) is 17.3. The summed E-state index contributed by atoms with van der Waals surface area (Å²) in [7, 11) is 0. The van der Waals surface area contributed by atoms with Gasteiger partial charge in [-0.05, 0) is 45.5 Å². The maximum absolute atomic E-state index is 10.7. The number of aromatic hydroxyl groups is 1. The minimum Gasteiger partial charge on any atom is -0.492 e. The summed E-state index contributed by atoms with van der Waals surface area (Å²) in [6.45, 7) is 9.90. The zero-order valence-corrected chi connectivity index (χ0v) is 15.4. The van der Waals surface area contributed by atoms with E-state index in [1.165, 1.54) is 15.9 Å². The molecule has 3 aromatic heterocycles. The molecule has 0 amide bonds. The van der Waals surface area contributed by atoms with Crippen molar-refractivity contribution in [2.24, 2.45) is 0 Å². The van der Waals surface area contributed by atoms with Crippen molar-refractivity contribution < 1.29 is 9.52 Å². The lowest BCUT2D eigenvalue weighted by Gasteiger charge is -2.28. The first-order valence-electron chi connectivity index (χ1n) is 8.40. The van der Waals surface area contributed by atoms with E-state index in [1.54, 1.807) is 0 Å². The van der Waals surface area contributed by atoms with E-state index in [1.807, 2.05) is 26.0 Å². The van der Waals surface area contributed by atoms with Crippen molar-refractivity contribution in [2.75, 3.05) is 13.1 Å². The molecular formula is C17H24N4O2S. The Morgan fingerprint density at radius 1 is 1.33 bits per heavy atom. The summed E-state index contributed by atoms with van der Waals surface area (Å²) in [5.41, 5.74) is 0. The number of rotatable bonds is 7. The molecule has 130 valence electrons. The fraction of sp³-hybridized carbons (Fsp3) is 0.529. The highest BCUT2D eigenvalue weighted by molar-refractivity contribution is 7.17. The summed E-state index contributed by atoms with van der Waals surface area (Å²) in [5, 5.41) is 15.0. The molecule has 0 aliphatic carbocycles. The quantitative estimate of drug-likeness (QED) is 0.701. The van der Waals surface area contributed by atoms with Crippen molar-refractivity contribution >= 4 is 16.3 Å². The topological polar surface area (TPSA) is 66.8 Å². The molecule has 0 aliphatic rings. The molecule has 0 saturated heterocycles. The molecule has 3 aromatic rings. The Morgan fingerprint density at radius 3 is 2.71 bits per heavy atom. The first-order valence-corrected chi connectivity index (χ1v) is 9.22. The predicted molar refractivity (Wildman–Crippen MR) is 94.7 cm³/mol. The summed E-state index contributed by atoms with van der Waals surface area (Å²) in [6.07, 6.45) is 2.23. The summed E-state index contributed by atoms with van der Waals surface area (Å²) in [4.78, 5) is 8.26. The average molecular weight is 348 g/mol. The van der Waals surface area contributed by atoms with Crippen LogP contribution in [0.5, 0.6) is 5.88 Å². The fourth-order valence-corrected chi connectivity index (χ4v) is 4.08. The first kappa shape index (κ1) is 17.0. The SMILES string of the molecule is CCCCN(CC)C(c1ccc(C)o1)c1sc2nc(C)nn2c1O. The highest BCUT2D eigenvalue weighted by atomic mass is 32.1. The van der Waals surface area contributed by atoms with Gasteiger partial charge in [-0.15, -0.1) is 5.10 Å². The van der Waals surface area contributed by atoms with Gasteiger partial charge in [0.2, 0.25) is 10.8 Å². The van der Waals surface area contributed by atoms with Gasteiger partial charge >= 0.3 is 0 Å². The summed E-state index contributed by atoms with van der Waals surface area (Å²) in [6, 6.07) is 3.84. The summed E-state index contributed by atoms with van der Waals surface area (Å²) >= 11 is 1.47. The van der Waals surface area contributed by atoms with Gasteiger partial charge in [0.15, 0.2) is 0 Å². The van der Waals surface area contributed by atoms with Crippen LogP contribution in [-0.2, 0) is 0 Å². The molecule has 1 unspecified atom stereocenters. The van der Waals surface area contributed by atoms with E-state index < -0.39 is 0 Å². The largest absolute Gasteiger partial charge is 0.492 e. The van der Waals surface area contributed by atoms with Gasteiger partial charge in [-0.2, -0.15) is 4.52 Å². The molecular weight excluding hydrogens is 324 g/mol. The molecule has 3 rings (SSSR count). The van der Waals surface area contributed by atoms with Crippen LogP contribution in [0.4, 0.5) is 0 Å². The third kappa shape index (κ3) is 3.06. The van der Waals surface area contributed by atoms with Gasteiger partial charge in [0.1, 0.15) is 23.4 Å². The Bertz CT molecular complexity index is 820. The van der Waals surface area contributed by atoms with Gasteiger partial charge in [0, 0.05) is 0 Å². The molecule has 0 aliphatic heterocycles. The Hall–Kier alpha value is -1.86. The Kier molecular flexibility index (Phi) is 4.91. The number of hydrogen-bond acceptors (Lipinski definition) is 6. The second-order valence-electron chi connectivity index (χ2n) is 5.98. The van der Waals surface area contributed by atoms with Crippen molar-refractivity contribution in [3.05, 3.63) is 34.4 Å². The molecule has 3 heterocycles. The van der Waals surface area contributed by atoms with Gasteiger partial charge in [0.05, 0.1) is 4.88 Å². The molecule has 0 saturated carbocycles. The minimum atomic E-state index is -0.121. The van der Waals surface area contributed by atoms with Gasteiger partial charge in [-0.3, -0.25) is 4.90 Å². The number of aromatic nitrogens is 3. The van der Waals surface area contributed by atoms with E-state index in [2.05, 4.69) is 28.8 Å². The maximum Gasteiger partial charge on any atom is 0.230 e. The first-order chi connectivity index (χ1) is 11.5. The highest BCUT2D eigenvalue weighted by Crippen LogP contribution is 2.40. The van der Waals surface area contributed by atoms with Crippen molar-refractivity contribution in [1.29, 1.82) is 0 Å². The molecule has 1 N–H and O–H groups in total. The molecule has 0 radical (unpaired) electrons. The van der Waals surface area contributed by atoms with Gasteiger partial charge in [-0.25, -0.2) is 4.98 Å². The van der Waals surface area contributed by atoms with Crippen LogP contribution < -0.4 is 0 Å². The standard InChI is InChI=1S/C17H24N4O2S/c1-5-7-10-20(6-2)14(13-9-8-11(3)23-13)15-16(22)21-17(24-15)18-12(4)19-21/h8-9,14,22H,5-7,10H2,1-4H3. The van der Waals surface area contributed by atoms with Crippen LogP contribution in [0.25, 0.3) is 4.96 Å². The average Bonchev–Trinajstić information content (AvgIpc) is 3.21. The smallest absolute Gasteiger partial charge is 0.230 e. The van der Waals surface area contributed by atoms with E-state index in [0.717, 1.165) is 42.3 Å². The van der Waals surface area contributed by atoms with E-state index >= 15 is 0 Å². The number of fused-ring (bicyclic) bond motifs is 1. The van der Waals surface area contributed by atoms with Crippen molar-refractivity contribution in [1.82, 2.24) is 19.5 Å². The second kappa shape index (κ2) is 6.94. The molecule has 7 heteroatoms. The van der Waals surface area contributed by atoms with Gasteiger partial charge in [0.25, 0.3) is 0 Å². The lowest BCUT2D eigenvalue weighted by molar-refractivity contribution is 0.207. The maximum atomic E-state index is 10.7. The predicted octanol–water partition coefficient (Wildman–Crippen LogP) is 3.92. The van der Waals surface area contributed by atoms with Gasteiger partial charge < -0.3 is 9.52 Å². The normalized spacial score (nSPS) is 13.2. The Balaban J connectivity index is 2.08. The number of aryl methyl sites for hydroxylation is 2. The minimum absolute atomic E-state index is 0.121.